The monoisotopic (exact) mass is 737 g/mol. The molecule has 52 heavy (non-hydrogen) atoms. The third kappa shape index (κ3) is 39.6. The molecule has 0 saturated heterocycles. The van der Waals surface area contributed by atoms with Crippen molar-refractivity contribution in [1.29, 1.82) is 0 Å². The van der Waals surface area contributed by atoms with E-state index in [9.17, 15) is 14.4 Å². The fourth-order valence-corrected chi connectivity index (χ4v) is 6.75. The molecule has 1 atom stereocenters. The Morgan fingerprint density at radius 1 is 0.365 bits per heavy atom. The minimum Gasteiger partial charge on any atom is -0.462 e. The highest BCUT2D eigenvalue weighted by molar-refractivity contribution is 5.71. The fourth-order valence-electron chi connectivity index (χ4n) is 6.75. The zero-order valence-electron chi connectivity index (χ0n) is 35.4. The summed E-state index contributed by atoms with van der Waals surface area (Å²) in [5.41, 5.74) is 0. The van der Waals surface area contributed by atoms with Gasteiger partial charge < -0.3 is 14.2 Å². The molecule has 308 valence electrons. The number of rotatable bonds is 40. The number of hydrogen-bond acceptors (Lipinski definition) is 6. The van der Waals surface area contributed by atoms with Crippen LogP contribution in [-0.4, -0.2) is 37.2 Å². The van der Waals surface area contributed by atoms with E-state index in [2.05, 4.69) is 34.6 Å². The maximum Gasteiger partial charge on any atom is 0.306 e. The van der Waals surface area contributed by atoms with Gasteiger partial charge in [-0.05, 0) is 31.1 Å². The lowest BCUT2D eigenvalue weighted by Gasteiger charge is -2.18. The van der Waals surface area contributed by atoms with Crippen LogP contribution >= 0.6 is 0 Å². The number of esters is 3. The summed E-state index contributed by atoms with van der Waals surface area (Å²) in [4.78, 5) is 37.6. The van der Waals surface area contributed by atoms with Gasteiger partial charge in [0.05, 0.1) is 0 Å². The standard InChI is InChI=1S/C46H88O6/c1-6-7-8-9-10-11-13-17-20-26-31-36-44(47)50-39-43(52-46(49)38-33-28-23-22-25-30-35-42(4)5)40-51-45(48)37-32-27-21-18-15-12-14-16-19-24-29-34-41(2)3/h41-43H,6-40H2,1-5H3/t43-/m1/s1. The quantitative estimate of drug-likeness (QED) is 0.0354. The van der Waals surface area contributed by atoms with Gasteiger partial charge in [0.25, 0.3) is 0 Å². The molecule has 0 aromatic carbocycles. The molecule has 6 nitrogen and oxygen atoms in total. The molecule has 0 aliphatic heterocycles. The topological polar surface area (TPSA) is 78.9 Å². The second-order valence-corrected chi connectivity index (χ2v) is 16.6. The summed E-state index contributed by atoms with van der Waals surface area (Å²) in [6.45, 7) is 11.3. The van der Waals surface area contributed by atoms with Crippen LogP contribution in [0.15, 0.2) is 0 Å². The highest BCUT2D eigenvalue weighted by Crippen LogP contribution is 2.16. The van der Waals surface area contributed by atoms with Crippen molar-refractivity contribution in [2.24, 2.45) is 11.8 Å². The Bertz CT molecular complexity index is 794. The summed E-state index contributed by atoms with van der Waals surface area (Å²) in [7, 11) is 0. The smallest absolute Gasteiger partial charge is 0.306 e. The Morgan fingerprint density at radius 3 is 0.942 bits per heavy atom. The minimum atomic E-state index is -0.760. The van der Waals surface area contributed by atoms with Crippen LogP contribution in [0.4, 0.5) is 0 Å². The van der Waals surface area contributed by atoms with Crippen molar-refractivity contribution in [2.75, 3.05) is 13.2 Å². The van der Waals surface area contributed by atoms with Crippen molar-refractivity contribution in [3.8, 4) is 0 Å². The molecule has 0 rings (SSSR count). The second kappa shape index (κ2) is 39.1. The van der Waals surface area contributed by atoms with Gasteiger partial charge in [-0.3, -0.25) is 14.4 Å². The maximum absolute atomic E-state index is 12.7. The van der Waals surface area contributed by atoms with E-state index in [1.165, 1.54) is 135 Å². The molecule has 0 radical (unpaired) electrons. The van der Waals surface area contributed by atoms with Crippen LogP contribution in [0.25, 0.3) is 0 Å². The highest BCUT2D eigenvalue weighted by atomic mass is 16.6. The molecule has 0 aromatic heterocycles. The molecule has 6 heteroatoms. The first-order chi connectivity index (χ1) is 25.2. The molecule has 0 aliphatic carbocycles. The van der Waals surface area contributed by atoms with Gasteiger partial charge in [-0.1, -0.05) is 208 Å². The minimum absolute atomic E-state index is 0.0658. The predicted molar refractivity (Wildman–Crippen MR) is 220 cm³/mol. The second-order valence-electron chi connectivity index (χ2n) is 16.6. The third-order valence-electron chi connectivity index (χ3n) is 10.2. The first-order valence-corrected chi connectivity index (χ1v) is 22.7. The molecule has 0 bridgehead atoms. The highest BCUT2D eigenvalue weighted by Gasteiger charge is 2.19. The molecule has 0 unspecified atom stereocenters. The summed E-state index contributed by atoms with van der Waals surface area (Å²) >= 11 is 0. The van der Waals surface area contributed by atoms with Crippen LogP contribution in [0.3, 0.4) is 0 Å². The van der Waals surface area contributed by atoms with Gasteiger partial charge in [-0.25, -0.2) is 0 Å². The number of unbranched alkanes of at least 4 members (excludes halogenated alkanes) is 25. The third-order valence-corrected chi connectivity index (χ3v) is 10.2. The number of carbonyl (C=O) groups excluding carboxylic acids is 3. The van der Waals surface area contributed by atoms with Crippen LogP contribution in [0.5, 0.6) is 0 Å². The molecule has 0 fully saturated rings. The van der Waals surface area contributed by atoms with Crippen molar-refractivity contribution in [3.63, 3.8) is 0 Å². The zero-order valence-corrected chi connectivity index (χ0v) is 35.4. The van der Waals surface area contributed by atoms with E-state index in [1.807, 2.05) is 0 Å². The van der Waals surface area contributed by atoms with E-state index in [0.29, 0.717) is 19.3 Å². The zero-order chi connectivity index (χ0) is 38.3. The Morgan fingerprint density at radius 2 is 0.635 bits per heavy atom. The normalized spacial score (nSPS) is 12.1. The Balaban J connectivity index is 4.30. The lowest BCUT2D eigenvalue weighted by Crippen LogP contribution is -2.30. The summed E-state index contributed by atoms with van der Waals surface area (Å²) in [6, 6.07) is 0. The number of hydrogen-bond donors (Lipinski definition) is 0. The summed E-state index contributed by atoms with van der Waals surface area (Å²) < 4.78 is 16.7. The Kier molecular flexibility index (Phi) is 37.9. The fraction of sp³-hybridized carbons (Fsp3) is 0.935. The van der Waals surface area contributed by atoms with E-state index in [4.69, 9.17) is 14.2 Å². The van der Waals surface area contributed by atoms with Crippen LogP contribution in [-0.2, 0) is 28.6 Å². The lowest BCUT2D eigenvalue weighted by atomic mass is 10.0. The van der Waals surface area contributed by atoms with Crippen molar-refractivity contribution in [1.82, 2.24) is 0 Å². The number of carbonyl (C=O) groups is 3. The molecule has 0 heterocycles. The molecular weight excluding hydrogens is 648 g/mol. The van der Waals surface area contributed by atoms with Gasteiger partial charge in [0.2, 0.25) is 0 Å². The molecule has 0 spiro atoms. The Labute approximate surface area is 323 Å². The van der Waals surface area contributed by atoms with Gasteiger partial charge >= 0.3 is 17.9 Å². The lowest BCUT2D eigenvalue weighted by molar-refractivity contribution is -0.167. The average molecular weight is 737 g/mol. The van der Waals surface area contributed by atoms with E-state index in [-0.39, 0.29) is 31.1 Å². The van der Waals surface area contributed by atoms with Crippen molar-refractivity contribution in [3.05, 3.63) is 0 Å². The Hall–Kier alpha value is -1.59. The summed E-state index contributed by atoms with van der Waals surface area (Å²) in [5, 5.41) is 0. The van der Waals surface area contributed by atoms with E-state index in [1.54, 1.807) is 0 Å². The van der Waals surface area contributed by atoms with Crippen molar-refractivity contribution in [2.45, 2.75) is 253 Å². The van der Waals surface area contributed by atoms with Crippen molar-refractivity contribution >= 4 is 17.9 Å². The van der Waals surface area contributed by atoms with E-state index < -0.39 is 6.10 Å². The van der Waals surface area contributed by atoms with Crippen LogP contribution < -0.4 is 0 Å². The SMILES string of the molecule is CCCCCCCCCCCCCC(=O)OC[C@H](COC(=O)CCCCCCCCCCCCCC(C)C)OC(=O)CCCCCCCCC(C)C. The van der Waals surface area contributed by atoms with Gasteiger partial charge in [0, 0.05) is 19.3 Å². The largest absolute Gasteiger partial charge is 0.462 e. The molecular formula is C46H88O6. The average Bonchev–Trinajstić information content (AvgIpc) is 3.11. The number of ether oxygens (including phenoxy) is 3. The van der Waals surface area contributed by atoms with E-state index >= 15 is 0 Å². The molecule has 0 aliphatic rings. The summed E-state index contributed by atoms with van der Waals surface area (Å²) in [6.07, 6.45) is 36.7. The maximum atomic E-state index is 12.7. The van der Waals surface area contributed by atoms with Crippen LogP contribution in [0.1, 0.15) is 247 Å². The summed E-state index contributed by atoms with van der Waals surface area (Å²) in [5.74, 6) is 0.723. The first-order valence-electron chi connectivity index (χ1n) is 22.7. The molecule has 0 saturated carbocycles. The van der Waals surface area contributed by atoms with E-state index in [0.717, 1.165) is 69.6 Å². The van der Waals surface area contributed by atoms with Gasteiger partial charge in [-0.2, -0.15) is 0 Å². The molecule has 0 aromatic rings. The van der Waals surface area contributed by atoms with Gasteiger partial charge in [0.1, 0.15) is 13.2 Å². The van der Waals surface area contributed by atoms with Gasteiger partial charge in [-0.15, -0.1) is 0 Å². The van der Waals surface area contributed by atoms with Crippen LogP contribution in [0.2, 0.25) is 0 Å². The van der Waals surface area contributed by atoms with Crippen LogP contribution in [0, 0.1) is 11.8 Å². The predicted octanol–water partition coefficient (Wildman–Crippen LogP) is 14.2. The first kappa shape index (κ1) is 50.4. The molecule has 0 N–H and O–H groups in total. The van der Waals surface area contributed by atoms with Crippen molar-refractivity contribution < 1.29 is 28.6 Å². The molecule has 0 amide bonds. The van der Waals surface area contributed by atoms with Gasteiger partial charge in [0.15, 0.2) is 6.10 Å².